The van der Waals surface area contributed by atoms with Crippen molar-refractivity contribution in [1.29, 1.82) is 0 Å². The summed E-state index contributed by atoms with van der Waals surface area (Å²) in [5.41, 5.74) is 2.69. The quantitative estimate of drug-likeness (QED) is 0.784. The molecule has 1 fully saturated rings. The second kappa shape index (κ2) is 3.93. The van der Waals surface area contributed by atoms with E-state index in [0.29, 0.717) is 0 Å². The van der Waals surface area contributed by atoms with Crippen LogP contribution >= 0.6 is 0 Å². The lowest BCUT2D eigenvalue weighted by Gasteiger charge is -2.42. The van der Waals surface area contributed by atoms with E-state index < -0.39 is 0 Å². The van der Waals surface area contributed by atoms with Crippen LogP contribution in [-0.2, 0) is 13.5 Å². The summed E-state index contributed by atoms with van der Waals surface area (Å²) < 4.78 is 2.00. The van der Waals surface area contributed by atoms with Gasteiger partial charge in [-0.2, -0.15) is 5.10 Å². The van der Waals surface area contributed by atoms with E-state index in [4.69, 9.17) is 0 Å². The number of fused-ring (bicyclic) bond motifs is 1. The Bertz CT molecular complexity index is 415. The molecular weight excluding hydrogens is 212 g/mol. The first-order valence-electron chi connectivity index (χ1n) is 6.82. The largest absolute Gasteiger partial charge is 0.378 e. The van der Waals surface area contributed by atoms with E-state index in [1.54, 1.807) is 0 Å². The lowest BCUT2D eigenvalue weighted by Crippen LogP contribution is -2.49. The minimum absolute atomic E-state index is 0.282. The molecule has 1 aromatic rings. The van der Waals surface area contributed by atoms with Crippen LogP contribution in [0.25, 0.3) is 0 Å². The molecule has 0 radical (unpaired) electrons. The third-order valence-electron chi connectivity index (χ3n) is 4.25. The van der Waals surface area contributed by atoms with Crippen molar-refractivity contribution >= 4 is 11.5 Å². The Kier molecular flexibility index (Phi) is 2.53. The van der Waals surface area contributed by atoms with Crippen LogP contribution in [0.3, 0.4) is 0 Å². The van der Waals surface area contributed by atoms with Gasteiger partial charge in [-0.3, -0.25) is 4.68 Å². The summed E-state index contributed by atoms with van der Waals surface area (Å²) in [7, 11) is 2.04. The first-order valence-corrected chi connectivity index (χ1v) is 6.82. The average Bonchev–Trinajstić information content (AvgIpc) is 2.67. The van der Waals surface area contributed by atoms with Gasteiger partial charge in [-0.15, -0.1) is 0 Å². The van der Waals surface area contributed by atoms with Crippen LogP contribution in [0.4, 0.5) is 11.5 Å². The smallest absolute Gasteiger partial charge is 0.148 e. The fraction of sp³-hybridized carbons (Fsp3) is 0.769. The van der Waals surface area contributed by atoms with Crippen molar-refractivity contribution in [2.24, 2.45) is 7.05 Å². The molecule has 0 atom stereocenters. The minimum atomic E-state index is 0.282. The number of rotatable bonds is 1. The Morgan fingerprint density at radius 2 is 2.06 bits per heavy atom. The van der Waals surface area contributed by atoms with Gasteiger partial charge in [0.05, 0.1) is 11.2 Å². The van der Waals surface area contributed by atoms with E-state index in [-0.39, 0.29) is 5.54 Å². The number of anilines is 2. The standard InChI is InChI=1S/C13H22N4/c1-3-10-11-12(17(2)16-10)15-13(9-14-11)7-5-4-6-8-13/h14-15H,3-9H2,1-2H3. The first-order chi connectivity index (χ1) is 8.24. The molecule has 0 unspecified atom stereocenters. The molecule has 1 aliphatic carbocycles. The zero-order chi connectivity index (χ0) is 11.9. The van der Waals surface area contributed by atoms with Crippen molar-refractivity contribution in [2.45, 2.75) is 51.0 Å². The molecule has 2 heterocycles. The molecule has 2 aliphatic rings. The van der Waals surface area contributed by atoms with Gasteiger partial charge in [0, 0.05) is 13.6 Å². The van der Waals surface area contributed by atoms with E-state index in [1.165, 1.54) is 49.3 Å². The van der Waals surface area contributed by atoms with Crippen molar-refractivity contribution < 1.29 is 0 Å². The monoisotopic (exact) mass is 234 g/mol. The highest BCUT2D eigenvalue weighted by Crippen LogP contribution is 2.39. The van der Waals surface area contributed by atoms with Crippen molar-refractivity contribution in [1.82, 2.24) is 9.78 Å². The SMILES string of the molecule is CCc1nn(C)c2c1NCC1(CCCCC1)N2. The third-order valence-corrected chi connectivity index (χ3v) is 4.25. The van der Waals surface area contributed by atoms with Gasteiger partial charge < -0.3 is 10.6 Å². The summed E-state index contributed by atoms with van der Waals surface area (Å²) in [4.78, 5) is 0. The Hall–Kier alpha value is -1.19. The summed E-state index contributed by atoms with van der Waals surface area (Å²) >= 11 is 0. The highest BCUT2D eigenvalue weighted by Gasteiger charge is 2.37. The molecule has 94 valence electrons. The normalized spacial score (nSPS) is 21.8. The van der Waals surface area contributed by atoms with Gasteiger partial charge >= 0.3 is 0 Å². The Morgan fingerprint density at radius 1 is 1.29 bits per heavy atom. The van der Waals surface area contributed by atoms with Gasteiger partial charge in [0.25, 0.3) is 0 Å². The van der Waals surface area contributed by atoms with Crippen LogP contribution in [-0.4, -0.2) is 21.9 Å². The predicted octanol–water partition coefficient (Wildman–Crippen LogP) is 2.52. The molecule has 3 rings (SSSR count). The number of aryl methyl sites for hydroxylation is 2. The molecular formula is C13H22N4. The van der Waals surface area contributed by atoms with Crippen LogP contribution in [0.1, 0.15) is 44.7 Å². The van der Waals surface area contributed by atoms with Crippen LogP contribution in [0.2, 0.25) is 0 Å². The summed E-state index contributed by atoms with van der Waals surface area (Å²) in [6.45, 7) is 3.22. The van der Waals surface area contributed by atoms with E-state index in [1.807, 2.05) is 11.7 Å². The molecule has 0 bridgehead atoms. The maximum absolute atomic E-state index is 4.58. The van der Waals surface area contributed by atoms with Gasteiger partial charge in [-0.05, 0) is 19.3 Å². The van der Waals surface area contributed by atoms with Crippen molar-refractivity contribution in [3.63, 3.8) is 0 Å². The maximum atomic E-state index is 4.58. The molecule has 1 spiro atoms. The molecule has 4 nitrogen and oxygen atoms in total. The molecule has 0 saturated heterocycles. The van der Waals surface area contributed by atoms with Gasteiger partial charge in [-0.25, -0.2) is 0 Å². The van der Waals surface area contributed by atoms with E-state index >= 15 is 0 Å². The van der Waals surface area contributed by atoms with Gasteiger partial charge in [-0.1, -0.05) is 26.2 Å². The number of nitrogens with one attached hydrogen (secondary N) is 2. The highest BCUT2D eigenvalue weighted by molar-refractivity contribution is 5.71. The fourth-order valence-electron chi connectivity index (χ4n) is 3.24. The van der Waals surface area contributed by atoms with Crippen molar-refractivity contribution in [3.05, 3.63) is 5.69 Å². The summed E-state index contributed by atoms with van der Waals surface area (Å²) in [6, 6.07) is 0. The lowest BCUT2D eigenvalue weighted by molar-refractivity contribution is 0.332. The summed E-state index contributed by atoms with van der Waals surface area (Å²) in [5.74, 6) is 1.19. The third kappa shape index (κ3) is 1.70. The molecule has 17 heavy (non-hydrogen) atoms. The van der Waals surface area contributed by atoms with Crippen LogP contribution < -0.4 is 10.6 Å². The fourth-order valence-corrected chi connectivity index (χ4v) is 3.24. The lowest BCUT2D eigenvalue weighted by atomic mass is 9.80. The van der Waals surface area contributed by atoms with Crippen molar-refractivity contribution in [3.8, 4) is 0 Å². The molecule has 0 aromatic carbocycles. The zero-order valence-electron chi connectivity index (χ0n) is 10.8. The molecule has 4 heteroatoms. The summed E-state index contributed by atoms with van der Waals surface area (Å²) in [5, 5.41) is 12.0. The van der Waals surface area contributed by atoms with E-state index in [2.05, 4.69) is 22.7 Å². The Balaban J connectivity index is 1.92. The maximum Gasteiger partial charge on any atom is 0.148 e. The van der Waals surface area contributed by atoms with Gasteiger partial charge in [0.1, 0.15) is 11.5 Å². The minimum Gasteiger partial charge on any atom is -0.378 e. The van der Waals surface area contributed by atoms with E-state index in [0.717, 1.165) is 13.0 Å². The Morgan fingerprint density at radius 3 is 2.76 bits per heavy atom. The zero-order valence-corrected chi connectivity index (χ0v) is 10.8. The van der Waals surface area contributed by atoms with Gasteiger partial charge in [0.2, 0.25) is 0 Å². The number of aromatic nitrogens is 2. The molecule has 1 aromatic heterocycles. The molecule has 1 aliphatic heterocycles. The predicted molar refractivity (Wildman–Crippen MR) is 70.5 cm³/mol. The van der Waals surface area contributed by atoms with Crippen molar-refractivity contribution in [2.75, 3.05) is 17.2 Å². The number of hydrogen-bond donors (Lipinski definition) is 2. The van der Waals surface area contributed by atoms with Crippen LogP contribution in [0.5, 0.6) is 0 Å². The molecule has 2 N–H and O–H groups in total. The Labute approximate surface area is 103 Å². The topological polar surface area (TPSA) is 41.9 Å². The molecule has 0 amide bonds. The van der Waals surface area contributed by atoms with E-state index in [9.17, 15) is 0 Å². The first kappa shape index (κ1) is 10.9. The van der Waals surface area contributed by atoms with Gasteiger partial charge in [0.15, 0.2) is 0 Å². The average molecular weight is 234 g/mol. The number of nitrogens with zero attached hydrogens (tertiary/aromatic N) is 2. The van der Waals surface area contributed by atoms with Crippen LogP contribution in [0.15, 0.2) is 0 Å². The molecule has 1 saturated carbocycles. The number of hydrogen-bond acceptors (Lipinski definition) is 3. The van der Waals surface area contributed by atoms with Crippen LogP contribution in [0, 0.1) is 0 Å². The second-order valence-electron chi connectivity index (χ2n) is 5.47. The second-order valence-corrected chi connectivity index (χ2v) is 5.47. The summed E-state index contributed by atoms with van der Waals surface area (Å²) in [6.07, 6.45) is 7.65. The highest BCUT2D eigenvalue weighted by atomic mass is 15.4.